The summed E-state index contributed by atoms with van der Waals surface area (Å²) >= 11 is 1.70. The first-order valence-electron chi connectivity index (χ1n) is 9.17. The van der Waals surface area contributed by atoms with Crippen LogP contribution in [0.2, 0.25) is 0 Å². The molecule has 1 saturated heterocycles. The van der Waals surface area contributed by atoms with E-state index >= 15 is 0 Å². The fraction of sp³-hybridized carbons (Fsp3) is 0.684. The Kier molecular flexibility index (Phi) is 5.59. The molecule has 0 unspecified atom stereocenters. The van der Waals surface area contributed by atoms with E-state index in [1.54, 1.807) is 11.3 Å². The molecule has 1 aromatic heterocycles. The normalized spacial score (nSPS) is 22.5. The summed E-state index contributed by atoms with van der Waals surface area (Å²) in [7, 11) is 0. The number of rotatable bonds is 6. The number of thiophene rings is 1. The van der Waals surface area contributed by atoms with E-state index in [0.717, 1.165) is 38.6 Å². The molecule has 132 valence electrons. The van der Waals surface area contributed by atoms with Crippen molar-refractivity contribution in [2.24, 2.45) is 17.8 Å². The van der Waals surface area contributed by atoms with E-state index in [4.69, 9.17) is 0 Å². The maximum absolute atomic E-state index is 12.8. The minimum atomic E-state index is -0.0592. The Labute approximate surface area is 148 Å². The highest BCUT2D eigenvalue weighted by Gasteiger charge is 2.37. The van der Waals surface area contributed by atoms with E-state index in [0.29, 0.717) is 12.5 Å². The Balaban J connectivity index is 1.60. The van der Waals surface area contributed by atoms with E-state index in [9.17, 15) is 9.59 Å². The summed E-state index contributed by atoms with van der Waals surface area (Å²) in [6, 6.07) is 4.23. The van der Waals surface area contributed by atoms with Crippen LogP contribution in [0.5, 0.6) is 0 Å². The highest BCUT2D eigenvalue weighted by Crippen LogP contribution is 2.33. The zero-order valence-electron chi connectivity index (χ0n) is 14.7. The molecule has 2 amide bonds. The number of hydrogen-bond donors (Lipinski definition) is 1. The van der Waals surface area contributed by atoms with Crippen molar-refractivity contribution in [2.45, 2.75) is 52.0 Å². The van der Waals surface area contributed by atoms with Gasteiger partial charge in [0.2, 0.25) is 11.8 Å². The van der Waals surface area contributed by atoms with Crippen LogP contribution in [-0.4, -0.2) is 29.8 Å². The summed E-state index contributed by atoms with van der Waals surface area (Å²) in [5.41, 5.74) is 0. The lowest BCUT2D eigenvalue weighted by Gasteiger charge is -2.33. The quantitative estimate of drug-likeness (QED) is 0.854. The molecule has 1 aromatic rings. The smallest absolute Gasteiger partial charge is 0.225 e. The van der Waals surface area contributed by atoms with Crippen molar-refractivity contribution in [3.05, 3.63) is 22.4 Å². The van der Waals surface area contributed by atoms with Crippen LogP contribution < -0.4 is 5.32 Å². The fourth-order valence-electron chi connectivity index (χ4n) is 3.48. The number of hydrogen-bond acceptors (Lipinski definition) is 3. The molecule has 24 heavy (non-hydrogen) atoms. The Bertz CT molecular complexity index is 566. The van der Waals surface area contributed by atoms with Crippen molar-refractivity contribution in [2.75, 3.05) is 13.1 Å². The predicted molar refractivity (Wildman–Crippen MR) is 96.7 cm³/mol. The molecule has 2 heterocycles. The molecule has 2 fully saturated rings. The van der Waals surface area contributed by atoms with Crippen LogP contribution in [0.4, 0.5) is 0 Å². The Hall–Kier alpha value is -1.36. The van der Waals surface area contributed by atoms with Crippen LogP contribution in [0.3, 0.4) is 0 Å². The summed E-state index contributed by atoms with van der Waals surface area (Å²) in [5, 5.41) is 5.32. The van der Waals surface area contributed by atoms with Crippen molar-refractivity contribution >= 4 is 23.2 Å². The second-order valence-electron chi connectivity index (χ2n) is 7.60. The highest BCUT2D eigenvalue weighted by atomic mass is 32.1. The van der Waals surface area contributed by atoms with Gasteiger partial charge in [-0.15, -0.1) is 11.3 Å². The van der Waals surface area contributed by atoms with Gasteiger partial charge in [0.15, 0.2) is 0 Å². The standard InChI is InChI=1S/C19H28N2O2S/c1-13(2)11-16(17-6-4-10-24-17)20-18(22)15-5-3-9-21(12-15)19(23)14-7-8-14/h4,6,10,13-16H,3,5,7-9,11-12H2,1-2H3,(H,20,22)/t15-,16+/m1/s1. The van der Waals surface area contributed by atoms with E-state index in [2.05, 4.69) is 30.6 Å². The molecule has 1 aliphatic carbocycles. The van der Waals surface area contributed by atoms with Crippen LogP contribution in [0.1, 0.15) is 56.9 Å². The SMILES string of the molecule is CC(C)C[C@H](NC(=O)[C@@H]1CCCN(C(=O)C2CC2)C1)c1cccs1. The van der Waals surface area contributed by atoms with Gasteiger partial charge in [-0.3, -0.25) is 9.59 Å². The average Bonchev–Trinajstić information content (AvgIpc) is 3.27. The molecule has 1 aliphatic heterocycles. The number of piperidine rings is 1. The lowest BCUT2D eigenvalue weighted by molar-refractivity contribution is -0.137. The summed E-state index contributed by atoms with van der Waals surface area (Å²) in [6.07, 6.45) is 4.83. The minimum Gasteiger partial charge on any atom is -0.348 e. The van der Waals surface area contributed by atoms with Crippen LogP contribution in [-0.2, 0) is 9.59 Å². The number of carbonyl (C=O) groups is 2. The van der Waals surface area contributed by atoms with Gasteiger partial charge >= 0.3 is 0 Å². The third kappa shape index (κ3) is 4.38. The Morgan fingerprint density at radius 1 is 1.29 bits per heavy atom. The second-order valence-corrected chi connectivity index (χ2v) is 8.58. The molecular weight excluding hydrogens is 320 g/mol. The number of nitrogens with one attached hydrogen (secondary N) is 1. The zero-order valence-corrected chi connectivity index (χ0v) is 15.5. The number of amides is 2. The summed E-state index contributed by atoms with van der Waals surface area (Å²) in [6.45, 7) is 5.78. The minimum absolute atomic E-state index is 0.0592. The maximum atomic E-state index is 12.8. The van der Waals surface area contributed by atoms with Crippen LogP contribution in [0, 0.1) is 17.8 Å². The first kappa shape index (κ1) is 17.5. The van der Waals surface area contributed by atoms with Crippen LogP contribution in [0.25, 0.3) is 0 Å². The van der Waals surface area contributed by atoms with Gasteiger partial charge in [-0.1, -0.05) is 19.9 Å². The third-order valence-electron chi connectivity index (χ3n) is 4.94. The van der Waals surface area contributed by atoms with Crippen molar-refractivity contribution in [1.29, 1.82) is 0 Å². The average molecular weight is 349 g/mol. The zero-order chi connectivity index (χ0) is 17.1. The molecule has 2 atom stereocenters. The molecule has 2 aliphatic rings. The summed E-state index contributed by atoms with van der Waals surface area (Å²) < 4.78 is 0. The fourth-order valence-corrected chi connectivity index (χ4v) is 4.27. The van der Waals surface area contributed by atoms with Crippen LogP contribution >= 0.6 is 11.3 Å². The molecular formula is C19H28N2O2S. The predicted octanol–water partition coefficient (Wildman–Crippen LogP) is 3.60. The molecule has 1 saturated carbocycles. The van der Waals surface area contributed by atoms with Gasteiger partial charge in [0.1, 0.15) is 0 Å². The second kappa shape index (κ2) is 7.68. The molecule has 5 heteroatoms. The lowest BCUT2D eigenvalue weighted by atomic mass is 9.95. The van der Waals surface area contributed by atoms with Crippen molar-refractivity contribution in [3.63, 3.8) is 0 Å². The largest absolute Gasteiger partial charge is 0.348 e. The van der Waals surface area contributed by atoms with Gasteiger partial charge in [0, 0.05) is 23.9 Å². The van der Waals surface area contributed by atoms with E-state index < -0.39 is 0 Å². The van der Waals surface area contributed by atoms with E-state index in [-0.39, 0.29) is 29.7 Å². The van der Waals surface area contributed by atoms with Crippen molar-refractivity contribution < 1.29 is 9.59 Å². The van der Waals surface area contributed by atoms with Gasteiger partial charge in [-0.2, -0.15) is 0 Å². The molecule has 1 N–H and O–H groups in total. The molecule has 0 aromatic carbocycles. The first-order valence-corrected chi connectivity index (χ1v) is 10.0. The topological polar surface area (TPSA) is 49.4 Å². The lowest BCUT2D eigenvalue weighted by Crippen LogP contribution is -2.46. The molecule has 0 bridgehead atoms. The van der Waals surface area contributed by atoms with Crippen LogP contribution in [0.15, 0.2) is 17.5 Å². The monoisotopic (exact) mass is 348 g/mol. The van der Waals surface area contributed by atoms with Crippen molar-refractivity contribution in [3.8, 4) is 0 Å². The van der Waals surface area contributed by atoms with Gasteiger partial charge in [0.05, 0.1) is 12.0 Å². The van der Waals surface area contributed by atoms with Gasteiger partial charge in [-0.05, 0) is 49.5 Å². The molecule has 0 radical (unpaired) electrons. The first-order chi connectivity index (χ1) is 11.5. The number of carbonyl (C=O) groups excluding carboxylic acids is 2. The van der Waals surface area contributed by atoms with Gasteiger partial charge in [-0.25, -0.2) is 0 Å². The molecule has 4 nitrogen and oxygen atoms in total. The van der Waals surface area contributed by atoms with Gasteiger partial charge < -0.3 is 10.2 Å². The Morgan fingerprint density at radius 2 is 2.08 bits per heavy atom. The highest BCUT2D eigenvalue weighted by molar-refractivity contribution is 7.10. The van der Waals surface area contributed by atoms with Crippen molar-refractivity contribution in [1.82, 2.24) is 10.2 Å². The third-order valence-corrected chi connectivity index (χ3v) is 5.93. The number of nitrogens with zero attached hydrogens (tertiary/aromatic N) is 1. The summed E-state index contributed by atoms with van der Waals surface area (Å²) in [5.74, 6) is 1.09. The van der Waals surface area contributed by atoms with E-state index in [1.165, 1.54) is 4.88 Å². The van der Waals surface area contributed by atoms with E-state index in [1.807, 2.05) is 11.0 Å². The Morgan fingerprint density at radius 3 is 2.71 bits per heavy atom. The maximum Gasteiger partial charge on any atom is 0.225 e. The molecule has 3 rings (SSSR count). The van der Waals surface area contributed by atoms with Gasteiger partial charge in [0.25, 0.3) is 0 Å². The summed E-state index contributed by atoms with van der Waals surface area (Å²) in [4.78, 5) is 28.2. The number of likely N-dealkylation sites (tertiary alicyclic amines) is 1. The molecule has 0 spiro atoms.